The minimum Gasteiger partial charge on any atom is -0.354 e. The van der Waals surface area contributed by atoms with E-state index in [9.17, 15) is 4.79 Å². The molecule has 0 aliphatic heterocycles. The van der Waals surface area contributed by atoms with Gasteiger partial charge in [-0.15, -0.1) is 0 Å². The van der Waals surface area contributed by atoms with Crippen LogP contribution in [0.25, 0.3) is 65.3 Å². The lowest BCUT2D eigenvalue weighted by molar-refractivity contribution is 1.35. The Balaban J connectivity index is 1.75. The third-order valence-electron chi connectivity index (χ3n) is 6.08. The second kappa shape index (κ2) is 5.06. The highest BCUT2D eigenvalue weighted by Crippen LogP contribution is 2.35. The molecule has 0 aliphatic carbocycles. The molecule has 3 N–H and O–H groups in total. The van der Waals surface area contributed by atoms with Gasteiger partial charge in [-0.3, -0.25) is 4.79 Å². The summed E-state index contributed by atoms with van der Waals surface area (Å²) in [6.07, 6.45) is 0. The maximum Gasteiger partial charge on any atom is 0.257 e. The minimum absolute atomic E-state index is 0.0571. The van der Waals surface area contributed by atoms with Gasteiger partial charge in [0.1, 0.15) is 0 Å². The largest absolute Gasteiger partial charge is 0.354 e. The van der Waals surface area contributed by atoms with Crippen LogP contribution in [0.5, 0.6) is 0 Å². The normalized spacial score (nSPS) is 12.3. The highest BCUT2D eigenvalue weighted by molar-refractivity contribution is 6.25. The van der Waals surface area contributed by atoms with Crippen molar-refractivity contribution in [3.05, 3.63) is 83.2 Å². The number of benzene rings is 4. The van der Waals surface area contributed by atoms with E-state index in [1.54, 1.807) is 0 Å². The second-order valence-electron chi connectivity index (χ2n) is 7.65. The van der Waals surface area contributed by atoms with Gasteiger partial charge in [0.25, 0.3) is 5.56 Å². The van der Waals surface area contributed by atoms with Crippen LogP contribution in [0.1, 0.15) is 0 Å². The molecule has 7 rings (SSSR count). The fraction of sp³-hybridized carbons (Fsp3) is 0. The van der Waals surface area contributed by atoms with Crippen molar-refractivity contribution in [1.82, 2.24) is 15.0 Å². The van der Waals surface area contributed by atoms with E-state index < -0.39 is 0 Å². The Morgan fingerprint density at radius 3 is 1.97 bits per heavy atom. The highest BCUT2D eigenvalue weighted by Gasteiger charge is 2.14. The Kier molecular flexibility index (Phi) is 2.60. The fourth-order valence-corrected chi connectivity index (χ4v) is 4.81. The van der Waals surface area contributed by atoms with Crippen molar-refractivity contribution in [3.8, 4) is 0 Å². The Hall–Kier alpha value is -4.05. The number of pyridine rings is 1. The molecule has 0 unspecified atom stereocenters. The molecule has 4 aromatic carbocycles. The van der Waals surface area contributed by atoms with Crippen LogP contribution in [0.15, 0.2) is 77.6 Å². The summed E-state index contributed by atoms with van der Waals surface area (Å²) in [5.41, 5.74) is 4.95. The molecule has 0 radical (unpaired) electrons. The first-order chi connectivity index (χ1) is 14.3. The van der Waals surface area contributed by atoms with Gasteiger partial charge in [-0.05, 0) is 35.7 Å². The van der Waals surface area contributed by atoms with Crippen LogP contribution in [-0.2, 0) is 0 Å². The molecule has 0 bridgehead atoms. The van der Waals surface area contributed by atoms with Gasteiger partial charge in [0.15, 0.2) is 0 Å². The molecule has 0 spiro atoms. The minimum atomic E-state index is -0.0571. The summed E-state index contributed by atoms with van der Waals surface area (Å²) in [4.78, 5) is 23.2. The molecule has 136 valence electrons. The average molecular weight is 373 g/mol. The monoisotopic (exact) mass is 373 g/mol. The first-order valence-electron chi connectivity index (χ1n) is 9.67. The first-order valence-corrected chi connectivity index (χ1v) is 9.67. The molecule has 3 heterocycles. The number of rotatable bonds is 0. The van der Waals surface area contributed by atoms with Gasteiger partial charge in [0.05, 0.1) is 10.9 Å². The molecule has 4 nitrogen and oxygen atoms in total. The zero-order valence-corrected chi connectivity index (χ0v) is 15.3. The van der Waals surface area contributed by atoms with Crippen LogP contribution >= 0.6 is 0 Å². The summed E-state index contributed by atoms with van der Waals surface area (Å²) in [5.74, 6) is 0. The second-order valence-corrected chi connectivity index (χ2v) is 7.65. The molecule has 0 saturated heterocycles. The van der Waals surface area contributed by atoms with Gasteiger partial charge in [-0.1, -0.05) is 42.5 Å². The topological polar surface area (TPSA) is 64.4 Å². The molecule has 29 heavy (non-hydrogen) atoms. The van der Waals surface area contributed by atoms with Gasteiger partial charge < -0.3 is 15.0 Å². The maximum absolute atomic E-state index is 13.2. The summed E-state index contributed by atoms with van der Waals surface area (Å²) in [6.45, 7) is 0. The molecule has 3 aromatic heterocycles. The van der Waals surface area contributed by atoms with E-state index in [-0.39, 0.29) is 5.56 Å². The Labute approximate surface area is 163 Å². The zero-order valence-electron chi connectivity index (χ0n) is 15.3. The van der Waals surface area contributed by atoms with E-state index in [1.165, 1.54) is 10.8 Å². The molecule has 0 atom stereocenters. The van der Waals surface area contributed by atoms with Gasteiger partial charge in [-0.2, -0.15) is 0 Å². The number of para-hydroxylation sites is 2. The summed E-state index contributed by atoms with van der Waals surface area (Å²) in [6, 6.07) is 24.8. The van der Waals surface area contributed by atoms with Crippen molar-refractivity contribution in [1.29, 1.82) is 0 Å². The lowest BCUT2D eigenvalue weighted by Crippen LogP contribution is -2.06. The van der Waals surface area contributed by atoms with Crippen LogP contribution in [0.3, 0.4) is 0 Å². The van der Waals surface area contributed by atoms with Crippen LogP contribution < -0.4 is 5.56 Å². The molecular formula is C25H15N3O. The average Bonchev–Trinajstić information content (AvgIpc) is 3.30. The van der Waals surface area contributed by atoms with Crippen molar-refractivity contribution in [2.24, 2.45) is 0 Å². The summed E-state index contributed by atoms with van der Waals surface area (Å²) >= 11 is 0. The van der Waals surface area contributed by atoms with E-state index in [0.29, 0.717) is 0 Å². The highest BCUT2D eigenvalue weighted by atomic mass is 16.1. The summed E-state index contributed by atoms with van der Waals surface area (Å²) in [5, 5.41) is 7.20. The van der Waals surface area contributed by atoms with Crippen molar-refractivity contribution in [2.45, 2.75) is 0 Å². The standard InChI is InChI=1S/C25H15N3O/c29-25-24-14(9-10-20-23(24)15-6-2-4-8-19(15)26-20)17-11-16-13-5-1-3-7-18(13)27-21(16)12-22(17)28-25/h1-12,26-27H,(H,28,29). The Morgan fingerprint density at radius 2 is 1.10 bits per heavy atom. The Bertz CT molecular complexity index is 1830. The molecule has 4 heteroatoms. The summed E-state index contributed by atoms with van der Waals surface area (Å²) in [7, 11) is 0. The molecule has 7 aromatic rings. The number of aromatic nitrogens is 3. The van der Waals surface area contributed by atoms with Gasteiger partial charge in [0, 0.05) is 49.0 Å². The number of H-pyrrole nitrogens is 3. The number of hydrogen-bond donors (Lipinski definition) is 3. The number of nitrogens with one attached hydrogen (secondary N) is 3. The van der Waals surface area contributed by atoms with E-state index in [2.05, 4.69) is 57.4 Å². The van der Waals surface area contributed by atoms with Crippen molar-refractivity contribution >= 4 is 65.3 Å². The zero-order chi connectivity index (χ0) is 19.1. The van der Waals surface area contributed by atoms with Crippen LogP contribution in [-0.4, -0.2) is 15.0 Å². The lowest BCUT2D eigenvalue weighted by Gasteiger charge is -2.06. The number of hydrogen-bond acceptors (Lipinski definition) is 1. The molecule has 0 amide bonds. The predicted octanol–water partition coefficient (Wildman–Crippen LogP) is 5.95. The SMILES string of the molecule is O=c1[nH]c2cc3[nH]c4ccccc4c3cc2c2ccc3[nH]c4ccccc4c3c12. The lowest BCUT2D eigenvalue weighted by atomic mass is 10.00. The van der Waals surface area contributed by atoms with Crippen molar-refractivity contribution in [2.75, 3.05) is 0 Å². The Morgan fingerprint density at radius 1 is 0.448 bits per heavy atom. The van der Waals surface area contributed by atoms with Crippen LogP contribution in [0.4, 0.5) is 0 Å². The van der Waals surface area contributed by atoms with Crippen molar-refractivity contribution in [3.63, 3.8) is 0 Å². The predicted molar refractivity (Wildman–Crippen MR) is 121 cm³/mol. The smallest absolute Gasteiger partial charge is 0.257 e. The fourth-order valence-electron chi connectivity index (χ4n) is 4.81. The third kappa shape index (κ3) is 1.85. The van der Waals surface area contributed by atoms with Gasteiger partial charge in [0.2, 0.25) is 0 Å². The van der Waals surface area contributed by atoms with E-state index in [0.717, 1.165) is 54.5 Å². The van der Waals surface area contributed by atoms with E-state index in [1.807, 2.05) is 30.3 Å². The molecular weight excluding hydrogens is 358 g/mol. The van der Waals surface area contributed by atoms with Crippen LogP contribution in [0.2, 0.25) is 0 Å². The molecule has 0 saturated carbocycles. The van der Waals surface area contributed by atoms with Gasteiger partial charge in [-0.25, -0.2) is 0 Å². The van der Waals surface area contributed by atoms with Gasteiger partial charge >= 0.3 is 0 Å². The summed E-state index contributed by atoms with van der Waals surface area (Å²) < 4.78 is 0. The molecule has 0 fully saturated rings. The maximum atomic E-state index is 13.2. The van der Waals surface area contributed by atoms with Crippen molar-refractivity contribution < 1.29 is 0 Å². The molecule has 0 aliphatic rings. The number of fused-ring (bicyclic) bond motifs is 10. The number of aromatic amines is 3. The van der Waals surface area contributed by atoms with Crippen LogP contribution in [0, 0.1) is 0 Å². The van der Waals surface area contributed by atoms with E-state index >= 15 is 0 Å². The quantitative estimate of drug-likeness (QED) is 0.283. The first kappa shape index (κ1) is 14.9. The third-order valence-corrected chi connectivity index (χ3v) is 6.08. The van der Waals surface area contributed by atoms with E-state index in [4.69, 9.17) is 0 Å².